The summed E-state index contributed by atoms with van der Waals surface area (Å²) in [5.41, 5.74) is 2.92. The molecule has 1 unspecified atom stereocenters. The van der Waals surface area contributed by atoms with Crippen LogP contribution in [-0.2, 0) is 6.42 Å². The van der Waals surface area contributed by atoms with Crippen molar-refractivity contribution in [3.63, 3.8) is 0 Å². The minimum Gasteiger partial charge on any atom is -0.382 e. The molecule has 2 heteroatoms. The first-order valence-corrected chi connectivity index (χ1v) is 6.49. The molecule has 2 rings (SSSR count). The van der Waals surface area contributed by atoms with E-state index in [-0.39, 0.29) is 0 Å². The van der Waals surface area contributed by atoms with Gasteiger partial charge in [-0.2, -0.15) is 0 Å². The summed E-state index contributed by atoms with van der Waals surface area (Å²) in [6, 6.07) is 13.8. The molecule has 0 saturated carbocycles. The summed E-state index contributed by atoms with van der Waals surface area (Å²) in [7, 11) is 0. The van der Waals surface area contributed by atoms with Crippen molar-refractivity contribution in [2.45, 2.75) is 32.3 Å². The maximum atomic E-state index is 10.2. The summed E-state index contributed by atoms with van der Waals surface area (Å²) in [4.78, 5) is 4.18. The van der Waals surface area contributed by atoms with E-state index in [4.69, 9.17) is 0 Å². The van der Waals surface area contributed by atoms with Crippen molar-refractivity contribution in [2.75, 3.05) is 0 Å². The molecule has 1 aromatic heterocycles. The summed E-state index contributed by atoms with van der Waals surface area (Å²) >= 11 is 0. The Morgan fingerprint density at radius 3 is 2.50 bits per heavy atom. The maximum absolute atomic E-state index is 10.2. The molecule has 1 heterocycles. The topological polar surface area (TPSA) is 33.1 Å². The fourth-order valence-corrected chi connectivity index (χ4v) is 1.96. The highest BCUT2D eigenvalue weighted by Crippen LogP contribution is 2.20. The molecule has 0 radical (unpaired) electrons. The van der Waals surface area contributed by atoms with Crippen LogP contribution in [0.5, 0.6) is 0 Å². The minimum atomic E-state index is -0.633. The van der Waals surface area contributed by atoms with E-state index in [9.17, 15) is 5.11 Å². The number of hydrogen-bond donors (Lipinski definition) is 1. The van der Waals surface area contributed by atoms with Gasteiger partial charge in [-0.3, -0.25) is 4.98 Å². The molecule has 0 aliphatic carbocycles. The molecule has 0 spiro atoms. The van der Waals surface area contributed by atoms with Gasteiger partial charge in [-0.25, -0.2) is 0 Å². The van der Waals surface area contributed by atoms with Gasteiger partial charge in [0.2, 0.25) is 0 Å². The Balaban J connectivity index is 2.09. The third kappa shape index (κ3) is 3.17. The fraction of sp³-hybridized carbons (Fsp3) is 0.312. The van der Waals surface area contributed by atoms with Crippen molar-refractivity contribution >= 4 is 0 Å². The van der Waals surface area contributed by atoms with E-state index in [0.29, 0.717) is 5.69 Å². The van der Waals surface area contributed by atoms with E-state index >= 15 is 0 Å². The van der Waals surface area contributed by atoms with E-state index in [1.54, 1.807) is 6.20 Å². The molecule has 0 saturated heterocycles. The zero-order valence-electron chi connectivity index (χ0n) is 10.7. The number of rotatable bonds is 5. The summed E-state index contributed by atoms with van der Waals surface area (Å²) in [6.45, 7) is 2.19. The first-order valence-electron chi connectivity index (χ1n) is 6.49. The van der Waals surface area contributed by atoms with Crippen molar-refractivity contribution < 1.29 is 5.11 Å². The van der Waals surface area contributed by atoms with Gasteiger partial charge in [0.05, 0.1) is 5.69 Å². The van der Waals surface area contributed by atoms with E-state index < -0.39 is 6.10 Å². The molecule has 0 fully saturated rings. The largest absolute Gasteiger partial charge is 0.382 e. The fourth-order valence-electron chi connectivity index (χ4n) is 1.96. The van der Waals surface area contributed by atoms with Crippen LogP contribution in [0.2, 0.25) is 0 Å². The van der Waals surface area contributed by atoms with Gasteiger partial charge in [0.1, 0.15) is 6.10 Å². The Kier molecular flexibility index (Phi) is 4.48. The Hall–Kier alpha value is -1.67. The van der Waals surface area contributed by atoms with Gasteiger partial charge in [0.15, 0.2) is 0 Å². The number of nitrogens with zero attached hydrogens (tertiary/aromatic N) is 1. The summed E-state index contributed by atoms with van der Waals surface area (Å²) in [6.07, 6.45) is 4.59. The van der Waals surface area contributed by atoms with E-state index in [2.05, 4.69) is 24.0 Å². The van der Waals surface area contributed by atoms with Gasteiger partial charge in [-0.05, 0) is 36.1 Å². The zero-order chi connectivity index (χ0) is 12.8. The van der Waals surface area contributed by atoms with Crippen LogP contribution in [0, 0.1) is 0 Å². The smallest absolute Gasteiger partial charge is 0.121 e. The van der Waals surface area contributed by atoms with Crippen molar-refractivity contribution in [1.29, 1.82) is 0 Å². The minimum absolute atomic E-state index is 0.633. The Bertz CT molecular complexity index is 464. The summed E-state index contributed by atoms with van der Waals surface area (Å²) in [5.74, 6) is 0. The van der Waals surface area contributed by atoms with E-state index in [0.717, 1.165) is 12.0 Å². The van der Waals surface area contributed by atoms with Gasteiger partial charge in [0, 0.05) is 6.20 Å². The maximum Gasteiger partial charge on any atom is 0.121 e. The predicted octanol–water partition coefficient (Wildman–Crippen LogP) is 3.51. The second kappa shape index (κ2) is 6.31. The normalized spacial score (nSPS) is 12.3. The highest BCUT2D eigenvalue weighted by atomic mass is 16.3. The predicted molar refractivity (Wildman–Crippen MR) is 73.4 cm³/mol. The second-order valence-electron chi connectivity index (χ2n) is 4.50. The highest BCUT2D eigenvalue weighted by molar-refractivity contribution is 5.29. The van der Waals surface area contributed by atoms with Crippen LogP contribution in [0.4, 0.5) is 0 Å². The lowest BCUT2D eigenvalue weighted by atomic mass is 10.0. The molecule has 2 nitrogen and oxygen atoms in total. The number of aliphatic hydroxyl groups is 1. The lowest BCUT2D eigenvalue weighted by Crippen LogP contribution is -2.01. The van der Waals surface area contributed by atoms with Gasteiger partial charge in [-0.15, -0.1) is 0 Å². The SMILES string of the molecule is CCCCc1ccc(C(O)c2ccccn2)cc1. The number of benzene rings is 1. The summed E-state index contributed by atoms with van der Waals surface area (Å²) in [5, 5.41) is 10.2. The van der Waals surface area contributed by atoms with Gasteiger partial charge in [0.25, 0.3) is 0 Å². The number of aryl methyl sites for hydroxylation is 1. The zero-order valence-corrected chi connectivity index (χ0v) is 10.7. The summed E-state index contributed by atoms with van der Waals surface area (Å²) < 4.78 is 0. The number of unbranched alkanes of at least 4 members (excludes halogenated alkanes) is 1. The molecule has 0 aliphatic heterocycles. The number of aliphatic hydroxyl groups excluding tert-OH is 1. The standard InChI is InChI=1S/C16H19NO/c1-2-3-6-13-8-10-14(11-9-13)16(18)15-7-4-5-12-17-15/h4-5,7-12,16,18H,2-3,6H2,1H3. The molecule has 2 aromatic rings. The highest BCUT2D eigenvalue weighted by Gasteiger charge is 2.10. The third-order valence-electron chi connectivity index (χ3n) is 3.08. The van der Waals surface area contributed by atoms with Crippen LogP contribution in [0.25, 0.3) is 0 Å². The van der Waals surface area contributed by atoms with Crippen LogP contribution in [0.1, 0.15) is 42.7 Å². The molecule has 0 aliphatic rings. The van der Waals surface area contributed by atoms with Crippen molar-refractivity contribution in [3.05, 3.63) is 65.5 Å². The second-order valence-corrected chi connectivity index (χ2v) is 4.50. The monoisotopic (exact) mass is 241 g/mol. The van der Waals surface area contributed by atoms with Crippen molar-refractivity contribution in [3.8, 4) is 0 Å². The Labute approximate surface area is 108 Å². The average molecular weight is 241 g/mol. The third-order valence-corrected chi connectivity index (χ3v) is 3.08. The number of pyridine rings is 1. The van der Waals surface area contributed by atoms with Crippen molar-refractivity contribution in [1.82, 2.24) is 4.98 Å². The first-order chi connectivity index (χ1) is 8.81. The Morgan fingerprint density at radius 1 is 1.11 bits per heavy atom. The molecule has 1 atom stereocenters. The number of aromatic nitrogens is 1. The molecule has 0 bridgehead atoms. The van der Waals surface area contributed by atoms with Crippen LogP contribution in [-0.4, -0.2) is 10.1 Å². The van der Waals surface area contributed by atoms with Crippen LogP contribution < -0.4 is 0 Å². The van der Waals surface area contributed by atoms with Crippen molar-refractivity contribution in [2.24, 2.45) is 0 Å². The van der Waals surface area contributed by atoms with E-state index in [1.807, 2.05) is 30.3 Å². The molecule has 0 amide bonds. The van der Waals surface area contributed by atoms with Gasteiger partial charge < -0.3 is 5.11 Å². The lowest BCUT2D eigenvalue weighted by Gasteiger charge is -2.11. The molecular formula is C16H19NO. The molecular weight excluding hydrogens is 222 g/mol. The van der Waals surface area contributed by atoms with Crippen LogP contribution in [0.15, 0.2) is 48.7 Å². The first kappa shape index (κ1) is 12.8. The molecule has 18 heavy (non-hydrogen) atoms. The van der Waals surface area contributed by atoms with E-state index in [1.165, 1.54) is 18.4 Å². The lowest BCUT2D eigenvalue weighted by molar-refractivity contribution is 0.215. The quantitative estimate of drug-likeness (QED) is 0.869. The van der Waals surface area contributed by atoms with Gasteiger partial charge in [-0.1, -0.05) is 43.7 Å². The van der Waals surface area contributed by atoms with Crippen LogP contribution >= 0.6 is 0 Å². The molecule has 1 aromatic carbocycles. The number of hydrogen-bond acceptors (Lipinski definition) is 2. The molecule has 1 N–H and O–H groups in total. The Morgan fingerprint density at radius 2 is 1.89 bits per heavy atom. The average Bonchev–Trinajstić information content (AvgIpc) is 2.46. The van der Waals surface area contributed by atoms with Crippen LogP contribution in [0.3, 0.4) is 0 Å². The van der Waals surface area contributed by atoms with Gasteiger partial charge >= 0.3 is 0 Å². The molecule has 94 valence electrons.